The van der Waals surface area contributed by atoms with Crippen LogP contribution >= 0.6 is 0 Å². The maximum atomic E-state index is 10.1. The van der Waals surface area contributed by atoms with E-state index < -0.39 is 60.1 Å². The highest BCUT2D eigenvalue weighted by Gasteiger charge is 2.02. The van der Waals surface area contributed by atoms with Gasteiger partial charge in [-0.3, -0.25) is 0 Å². The van der Waals surface area contributed by atoms with Gasteiger partial charge in [-0.2, -0.15) is 0 Å². The molecule has 0 heterocycles. The number of fused-ring (bicyclic) bond motifs is 3. The zero-order chi connectivity index (χ0) is 18.1. The zero-order valence-electron chi connectivity index (χ0n) is 16.4. The fourth-order valence-corrected chi connectivity index (χ4v) is 1.42. The van der Waals surface area contributed by atoms with E-state index in [0.29, 0.717) is 0 Å². The third kappa shape index (κ3) is 1.17. The number of benzene rings is 3. The minimum atomic E-state index is -0.751. The minimum absolute atomic E-state index is 0.203. The number of hydrogen-bond acceptors (Lipinski definition) is 1. The molecule has 0 saturated carbocycles. The zero-order valence-corrected chi connectivity index (χ0v) is 7.45. The van der Waals surface area contributed by atoms with E-state index in [2.05, 4.69) is 0 Å². The molecule has 0 bridgehead atoms. The molecule has 0 atom stereocenters. The Hall–Kier alpha value is -2.02. The van der Waals surface area contributed by atoms with Crippen molar-refractivity contribution in [2.45, 2.75) is 0 Å². The predicted molar refractivity (Wildman–Crippen MR) is 63.1 cm³/mol. The lowest BCUT2D eigenvalue weighted by molar-refractivity contribution is 0.481. The highest BCUT2D eigenvalue weighted by molar-refractivity contribution is 6.09. The topological polar surface area (TPSA) is 20.2 Å². The molecule has 15 heavy (non-hydrogen) atoms. The summed E-state index contributed by atoms with van der Waals surface area (Å²) < 4.78 is 71.1. The van der Waals surface area contributed by atoms with E-state index in [4.69, 9.17) is 12.3 Å². The Kier molecular flexibility index (Phi) is 0.646. The summed E-state index contributed by atoms with van der Waals surface area (Å²) in [6, 6.07) is -5.09. The molecule has 3 aromatic rings. The van der Waals surface area contributed by atoms with Crippen molar-refractivity contribution in [2.75, 3.05) is 0 Å². The quantitative estimate of drug-likeness (QED) is 0.552. The molecule has 1 heteroatoms. The lowest BCUT2D eigenvalue weighted by Gasteiger charge is -2.04. The van der Waals surface area contributed by atoms with Gasteiger partial charge in [0.25, 0.3) is 0 Å². The van der Waals surface area contributed by atoms with Crippen LogP contribution in [0.15, 0.2) is 54.4 Å². The van der Waals surface area contributed by atoms with Crippen molar-refractivity contribution < 1.29 is 17.4 Å². The molecule has 0 aliphatic rings. The number of phenolic OH excluding ortho intramolecular Hbond substituents is 1. The highest BCUT2D eigenvalue weighted by atomic mass is 16.3. The van der Waals surface area contributed by atoms with Crippen molar-refractivity contribution in [3.05, 3.63) is 54.4 Å². The van der Waals surface area contributed by atoms with Gasteiger partial charge in [0.05, 0.1) is 12.3 Å². The fourth-order valence-electron chi connectivity index (χ4n) is 1.42. The second-order valence-corrected chi connectivity index (χ2v) is 2.97. The van der Waals surface area contributed by atoms with Gasteiger partial charge >= 0.3 is 0 Å². The normalized spacial score (nSPS) is 19.3. The third-order valence-electron chi connectivity index (χ3n) is 2.11. The van der Waals surface area contributed by atoms with Crippen molar-refractivity contribution in [3.8, 4) is 5.75 Å². The molecular formula is C14H10O. The lowest BCUT2D eigenvalue weighted by atomic mass is 10.0. The first-order valence-corrected chi connectivity index (χ1v) is 4.22. The van der Waals surface area contributed by atoms with Crippen molar-refractivity contribution in [1.82, 2.24) is 0 Å². The Bertz CT molecular complexity index is 974. The van der Waals surface area contributed by atoms with Crippen molar-refractivity contribution in [2.24, 2.45) is 0 Å². The molecule has 3 aromatic carbocycles. The van der Waals surface area contributed by atoms with E-state index in [-0.39, 0.29) is 21.5 Å². The van der Waals surface area contributed by atoms with Gasteiger partial charge in [0.1, 0.15) is 5.75 Å². The van der Waals surface area contributed by atoms with E-state index in [0.717, 1.165) is 0 Å². The number of phenols is 1. The van der Waals surface area contributed by atoms with Gasteiger partial charge in [-0.1, -0.05) is 48.3 Å². The summed E-state index contributed by atoms with van der Waals surface area (Å²) in [5, 5.41) is 9.12. The average Bonchev–Trinajstić information content (AvgIpc) is 2.56. The van der Waals surface area contributed by atoms with E-state index in [1.54, 1.807) is 0 Å². The largest absolute Gasteiger partial charge is 0.507 e. The third-order valence-corrected chi connectivity index (χ3v) is 2.11. The SMILES string of the molecule is [2H]c1c([2H])c([2H])c2c(c1[2H])c([2H])c([2H])c1c(O)c([2H])c([2H])c([2H])c12. The number of aromatic hydroxyl groups is 1. The van der Waals surface area contributed by atoms with Gasteiger partial charge < -0.3 is 5.11 Å². The molecule has 0 aliphatic heterocycles. The highest BCUT2D eigenvalue weighted by Crippen LogP contribution is 2.30. The standard InChI is InChI=1S/C14H10O/c15-14-7-3-6-12-11-5-2-1-4-10(11)8-9-13(12)14/h1-9,15H/i1D,2D,3D,4D,5D,6D,7D,8D,9D. The number of hydrogen-bond donors (Lipinski definition) is 1. The van der Waals surface area contributed by atoms with E-state index in [9.17, 15) is 5.11 Å². The second-order valence-electron chi connectivity index (χ2n) is 2.97. The molecule has 0 radical (unpaired) electrons. The summed E-state index contributed by atoms with van der Waals surface area (Å²) in [5.74, 6) is -0.751. The van der Waals surface area contributed by atoms with Crippen LogP contribution in [0.3, 0.4) is 0 Å². The van der Waals surface area contributed by atoms with E-state index in [1.165, 1.54) is 0 Å². The smallest absolute Gasteiger partial charge is 0.123 e. The Labute approximate surface area is 100 Å². The second kappa shape index (κ2) is 2.99. The summed E-state index contributed by atoms with van der Waals surface area (Å²) in [5.41, 5.74) is 0. The summed E-state index contributed by atoms with van der Waals surface area (Å²) in [4.78, 5) is 0. The van der Waals surface area contributed by atoms with Gasteiger partial charge in [0.2, 0.25) is 0 Å². The van der Waals surface area contributed by atoms with Crippen molar-refractivity contribution in [1.29, 1.82) is 0 Å². The first-order chi connectivity index (χ1) is 11.1. The Morgan fingerprint density at radius 1 is 0.733 bits per heavy atom. The molecule has 0 saturated heterocycles. The summed E-state index contributed by atoms with van der Waals surface area (Å²) in [6.07, 6.45) is 0. The van der Waals surface area contributed by atoms with Crippen LogP contribution in [0.2, 0.25) is 0 Å². The molecule has 72 valence electrons. The van der Waals surface area contributed by atoms with Crippen LogP contribution in [0.1, 0.15) is 12.3 Å². The van der Waals surface area contributed by atoms with Gasteiger partial charge in [-0.15, -0.1) is 0 Å². The molecule has 1 nitrogen and oxygen atoms in total. The molecule has 0 spiro atoms. The van der Waals surface area contributed by atoms with Crippen LogP contribution in [0.25, 0.3) is 21.5 Å². The predicted octanol–water partition coefficient (Wildman–Crippen LogP) is 3.70. The van der Waals surface area contributed by atoms with E-state index in [1.807, 2.05) is 0 Å². The van der Waals surface area contributed by atoms with Crippen LogP contribution < -0.4 is 0 Å². The molecule has 1 N–H and O–H groups in total. The number of rotatable bonds is 0. The maximum Gasteiger partial charge on any atom is 0.123 e. The van der Waals surface area contributed by atoms with Crippen molar-refractivity contribution >= 4 is 21.5 Å². The first-order valence-electron chi connectivity index (χ1n) is 8.72. The van der Waals surface area contributed by atoms with Crippen LogP contribution in [0.5, 0.6) is 5.75 Å². The molecule has 0 unspecified atom stereocenters. The molecule has 0 amide bonds. The molecule has 0 fully saturated rings. The Morgan fingerprint density at radius 2 is 1.53 bits per heavy atom. The maximum absolute atomic E-state index is 10.1. The molecule has 0 aromatic heterocycles. The van der Waals surface area contributed by atoms with Gasteiger partial charge in [-0.25, -0.2) is 0 Å². The van der Waals surface area contributed by atoms with Crippen LogP contribution in [0.4, 0.5) is 0 Å². The lowest BCUT2D eigenvalue weighted by Crippen LogP contribution is -1.77. The minimum Gasteiger partial charge on any atom is -0.507 e. The van der Waals surface area contributed by atoms with Crippen molar-refractivity contribution in [3.63, 3.8) is 0 Å². The average molecular weight is 203 g/mol. The van der Waals surface area contributed by atoms with Gasteiger partial charge in [-0.05, 0) is 22.2 Å². The van der Waals surface area contributed by atoms with Crippen LogP contribution in [0, 0.1) is 0 Å². The van der Waals surface area contributed by atoms with Crippen LogP contribution in [-0.2, 0) is 0 Å². The van der Waals surface area contributed by atoms with Crippen LogP contribution in [-0.4, -0.2) is 5.11 Å². The first kappa shape index (κ1) is 3.24. The monoisotopic (exact) mass is 203 g/mol. The summed E-state index contributed by atoms with van der Waals surface area (Å²) in [7, 11) is 0. The Morgan fingerprint density at radius 3 is 2.47 bits per heavy atom. The summed E-state index contributed by atoms with van der Waals surface area (Å²) >= 11 is 0. The molecular weight excluding hydrogens is 184 g/mol. The molecule has 3 rings (SSSR count). The Balaban J connectivity index is 2.87. The van der Waals surface area contributed by atoms with E-state index >= 15 is 0 Å². The summed E-state index contributed by atoms with van der Waals surface area (Å²) in [6.45, 7) is 0. The van der Waals surface area contributed by atoms with Gasteiger partial charge in [0.15, 0.2) is 0 Å². The molecule has 0 aliphatic carbocycles. The van der Waals surface area contributed by atoms with Gasteiger partial charge in [0, 0.05) is 5.39 Å². The fraction of sp³-hybridized carbons (Fsp3) is 0.